The molecular formula is C11H10ClF2NO. The highest BCUT2D eigenvalue weighted by Gasteiger charge is 2.12. The maximum Gasteiger partial charge on any atom is 0.152 e. The highest BCUT2D eigenvalue weighted by atomic mass is 35.5. The third-order valence-corrected chi connectivity index (χ3v) is 2.13. The van der Waals surface area contributed by atoms with Crippen LogP contribution in [-0.4, -0.2) is 25.3 Å². The van der Waals surface area contributed by atoms with Crippen molar-refractivity contribution in [3.63, 3.8) is 0 Å². The molecule has 0 aliphatic rings. The minimum absolute atomic E-state index is 0.0538. The summed E-state index contributed by atoms with van der Waals surface area (Å²) in [6.07, 6.45) is 1.87. The molecule has 16 heavy (non-hydrogen) atoms. The van der Waals surface area contributed by atoms with Gasteiger partial charge in [-0.1, -0.05) is 11.6 Å². The Morgan fingerprint density at radius 2 is 1.94 bits per heavy atom. The van der Waals surface area contributed by atoms with Gasteiger partial charge in [0, 0.05) is 31.4 Å². The van der Waals surface area contributed by atoms with Gasteiger partial charge in [0.2, 0.25) is 0 Å². The monoisotopic (exact) mass is 245 g/mol. The van der Waals surface area contributed by atoms with E-state index in [0.29, 0.717) is 6.29 Å². The average Bonchev–Trinajstić information content (AvgIpc) is 2.20. The van der Waals surface area contributed by atoms with E-state index in [9.17, 15) is 13.6 Å². The van der Waals surface area contributed by atoms with E-state index < -0.39 is 11.6 Å². The Kier molecular flexibility index (Phi) is 4.01. The molecule has 86 valence electrons. The lowest BCUT2D eigenvalue weighted by Gasteiger charge is -2.09. The van der Waals surface area contributed by atoms with Gasteiger partial charge in [0.15, 0.2) is 6.29 Å². The van der Waals surface area contributed by atoms with Crippen LogP contribution in [0.25, 0.3) is 5.57 Å². The molecule has 0 saturated heterocycles. The van der Waals surface area contributed by atoms with Crippen molar-refractivity contribution in [2.45, 2.75) is 0 Å². The maximum atomic E-state index is 13.4. The third kappa shape index (κ3) is 2.79. The minimum Gasteiger partial charge on any atom is -0.383 e. The molecule has 0 atom stereocenters. The molecule has 0 unspecified atom stereocenters. The van der Waals surface area contributed by atoms with Gasteiger partial charge in [-0.15, -0.1) is 0 Å². The fourth-order valence-corrected chi connectivity index (χ4v) is 1.34. The second-order valence-electron chi connectivity index (χ2n) is 3.41. The van der Waals surface area contributed by atoms with Crippen LogP contribution in [0.2, 0.25) is 5.02 Å². The molecule has 1 rings (SSSR count). The van der Waals surface area contributed by atoms with Crippen LogP contribution in [0.15, 0.2) is 18.3 Å². The van der Waals surface area contributed by atoms with Gasteiger partial charge in [0.25, 0.3) is 0 Å². The molecule has 0 amide bonds. The van der Waals surface area contributed by atoms with Crippen LogP contribution in [0.5, 0.6) is 0 Å². The van der Waals surface area contributed by atoms with E-state index in [-0.39, 0.29) is 16.2 Å². The van der Waals surface area contributed by atoms with Crippen molar-refractivity contribution >= 4 is 23.5 Å². The molecule has 1 aromatic rings. The van der Waals surface area contributed by atoms with Gasteiger partial charge in [-0.25, -0.2) is 8.78 Å². The number of benzene rings is 1. The number of hydrogen-bond donors (Lipinski definition) is 0. The molecule has 5 heteroatoms. The topological polar surface area (TPSA) is 20.3 Å². The van der Waals surface area contributed by atoms with E-state index in [0.717, 1.165) is 12.1 Å². The van der Waals surface area contributed by atoms with E-state index in [1.165, 1.54) is 6.20 Å². The summed E-state index contributed by atoms with van der Waals surface area (Å²) in [4.78, 5) is 12.3. The van der Waals surface area contributed by atoms with Crippen molar-refractivity contribution in [3.05, 3.63) is 40.6 Å². The van der Waals surface area contributed by atoms with Crippen molar-refractivity contribution in [1.82, 2.24) is 4.90 Å². The van der Waals surface area contributed by atoms with Crippen molar-refractivity contribution in [1.29, 1.82) is 0 Å². The summed E-state index contributed by atoms with van der Waals surface area (Å²) in [5.74, 6) is -1.49. The first-order valence-electron chi connectivity index (χ1n) is 4.44. The van der Waals surface area contributed by atoms with Crippen LogP contribution in [-0.2, 0) is 4.79 Å². The fraction of sp³-hybridized carbons (Fsp3) is 0.182. The number of halogens is 3. The number of allylic oxidation sites excluding steroid dienone is 1. The Morgan fingerprint density at radius 1 is 1.31 bits per heavy atom. The Hall–Kier alpha value is -1.42. The molecule has 2 nitrogen and oxygen atoms in total. The van der Waals surface area contributed by atoms with Crippen LogP contribution in [0.4, 0.5) is 8.78 Å². The first-order valence-corrected chi connectivity index (χ1v) is 4.82. The number of aldehydes is 1. The molecule has 0 bridgehead atoms. The normalized spacial score (nSPS) is 11.4. The molecular weight excluding hydrogens is 236 g/mol. The lowest BCUT2D eigenvalue weighted by Crippen LogP contribution is -2.04. The number of nitrogens with zero attached hydrogens (tertiary/aromatic N) is 1. The van der Waals surface area contributed by atoms with E-state index >= 15 is 0 Å². The summed E-state index contributed by atoms with van der Waals surface area (Å²) in [6, 6.07) is 1.75. The van der Waals surface area contributed by atoms with E-state index in [1.807, 2.05) is 0 Å². The minimum atomic E-state index is -0.760. The highest BCUT2D eigenvalue weighted by molar-refractivity contribution is 6.30. The largest absolute Gasteiger partial charge is 0.383 e. The van der Waals surface area contributed by atoms with Crippen LogP contribution >= 0.6 is 11.6 Å². The third-order valence-electron chi connectivity index (χ3n) is 1.85. The predicted octanol–water partition coefficient (Wildman–Crippen LogP) is 2.72. The zero-order valence-corrected chi connectivity index (χ0v) is 9.55. The SMILES string of the molecule is CN(C)C=C(C=O)c1cc(F)c(Cl)cc1F. The van der Waals surface area contributed by atoms with Crippen LogP contribution in [0.1, 0.15) is 5.56 Å². The Bertz CT molecular complexity index is 444. The summed E-state index contributed by atoms with van der Waals surface area (Å²) in [7, 11) is 3.35. The van der Waals surface area contributed by atoms with E-state index in [2.05, 4.69) is 0 Å². The van der Waals surface area contributed by atoms with Crippen LogP contribution in [0.3, 0.4) is 0 Å². The van der Waals surface area contributed by atoms with Gasteiger partial charge < -0.3 is 4.90 Å². The predicted molar refractivity (Wildman–Crippen MR) is 59.1 cm³/mol. The summed E-state index contributed by atoms with van der Waals surface area (Å²) in [6.45, 7) is 0. The second kappa shape index (κ2) is 5.07. The van der Waals surface area contributed by atoms with E-state index in [4.69, 9.17) is 11.6 Å². The molecule has 0 heterocycles. The van der Waals surface area contributed by atoms with Gasteiger partial charge in [0.05, 0.1) is 5.02 Å². The Morgan fingerprint density at radius 3 is 2.44 bits per heavy atom. The van der Waals surface area contributed by atoms with Crippen LogP contribution in [0, 0.1) is 11.6 Å². The zero-order chi connectivity index (χ0) is 12.3. The number of carbonyl (C=O) groups is 1. The van der Waals surface area contributed by atoms with Crippen molar-refractivity contribution in [2.24, 2.45) is 0 Å². The molecule has 0 spiro atoms. The average molecular weight is 246 g/mol. The number of carbonyl (C=O) groups excluding carboxylic acids is 1. The summed E-state index contributed by atoms with van der Waals surface area (Å²) >= 11 is 5.41. The van der Waals surface area contributed by atoms with Gasteiger partial charge in [-0.2, -0.15) is 0 Å². The molecule has 0 radical (unpaired) electrons. The van der Waals surface area contributed by atoms with Gasteiger partial charge in [0.1, 0.15) is 11.6 Å². The standard InChI is InChI=1S/C11H10ClF2NO/c1-15(2)5-7(6-16)8-3-11(14)9(12)4-10(8)13/h3-6H,1-2H3. The summed E-state index contributed by atoms with van der Waals surface area (Å²) in [5, 5.41) is -0.309. The van der Waals surface area contributed by atoms with Gasteiger partial charge in [-0.3, -0.25) is 4.79 Å². The maximum absolute atomic E-state index is 13.4. The second-order valence-corrected chi connectivity index (χ2v) is 3.82. The number of rotatable bonds is 3. The first-order chi connectivity index (χ1) is 7.45. The Balaban J connectivity index is 3.31. The van der Waals surface area contributed by atoms with Crippen molar-refractivity contribution in [3.8, 4) is 0 Å². The molecule has 0 aliphatic heterocycles. The summed E-state index contributed by atoms with van der Waals surface area (Å²) < 4.78 is 26.6. The molecule has 1 aromatic carbocycles. The molecule has 0 N–H and O–H groups in total. The van der Waals surface area contributed by atoms with Gasteiger partial charge in [-0.05, 0) is 12.1 Å². The van der Waals surface area contributed by atoms with Gasteiger partial charge >= 0.3 is 0 Å². The zero-order valence-electron chi connectivity index (χ0n) is 8.80. The summed E-state index contributed by atoms with van der Waals surface area (Å²) in [5.41, 5.74) is -0.0522. The van der Waals surface area contributed by atoms with E-state index in [1.54, 1.807) is 19.0 Å². The highest BCUT2D eigenvalue weighted by Crippen LogP contribution is 2.23. The van der Waals surface area contributed by atoms with Crippen molar-refractivity contribution < 1.29 is 13.6 Å². The molecule has 0 fully saturated rings. The lowest BCUT2D eigenvalue weighted by molar-refractivity contribution is -0.103. The molecule has 0 aromatic heterocycles. The molecule has 0 aliphatic carbocycles. The quantitative estimate of drug-likeness (QED) is 0.464. The fourth-order valence-electron chi connectivity index (χ4n) is 1.19. The van der Waals surface area contributed by atoms with Crippen molar-refractivity contribution in [2.75, 3.05) is 14.1 Å². The smallest absolute Gasteiger partial charge is 0.152 e. The first kappa shape index (κ1) is 12.6. The Labute approximate surface area is 97.1 Å². The molecule has 0 saturated carbocycles. The lowest BCUT2D eigenvalue weighted by atomic mass is 10.1. The van der Waals surface area contributed by atoms with Crippen LogP contribution < -0.4 is 0 Å². The number of hydrogen-bond acceptors (Lipinski definition) is 2.